The zero-order valence-corrected chi connectivity index (χ0v) is 15.0. The Labute approximate surface area is 152 Å². The van der Waals surface area contributed by atoms with Crippen LogP contribution in [0.1, 0.15) is 45.4 Å². The van der Waals surface area contributed by atoms with E-state index < -0.39 is 12.1 Å². The van der Waals surface area contributed by atoms with Crippen molar-refractivity contribution in [2.24, 2.45) is 0 Å². The first kappa shape index (κ1) is 18.1. The van der Waals surface area contributed by atoms with E-state index in [1.807, 2.05) is 32.0 Å². The highest BCUT2D eigenvalue weighted by atomic mass is 16.3. The van der Waals surface area contributed by atoms with Gasteiger partial charge in [0, 0.05) is 29.9 Å². The number of nitrogens with one attached hydrogen (secondary N) is 2. The highest BCUT2D eigenvalue weighted by Gasteiger charge is 2.32. The number of aliphatic hydroxyl groups is 1. The summed E-state index contributed by atoms with van der Waals surface area (Å²) in [5.41, 5.74) is 2.72. The molecule has 0 saturated carbocycles. The number of carbonyl (C=O) groups is 2. The lowest BCUT2D eigenvalue weighted by Gasteiger charge is -2.36. The fraction of sp³-hybridized carbons (Fsp3) is 0.421. The first-order valence-electron chi connectivity index (χ1n) is 8.88. The quantitative estimate of drug-likeness (QED) is 0.769. The molecule has 3 N–H and O–H groups in total. The summed E-state index contributed by atoms with van der Waals surface area (Å²) >= 11 is 0. The molecule has 1 aliphatic rings. The van der Waals surface area contributed by atoms with Crippen LogP contribution < -0.4 is 5.32 Å². The van der Waals surface area contributed by atoms with E-state index in [1.165, 1.54) is 0 Å². The number of aryl methyl sites for hydroxylation is 1. The minimum atomic E-state index is -0.815. The highest BCUT2D eigenvalue weighted by Crippen LogP contribution is 2.16. The minimum Gasteiger partial charge on any atom is -0.389 e. The summed E-state index contributed by atoms with van der Waals surface area (Å²) in [5, 5.41) is 20.2. The largest absolute Gasteiger partial charge is 0.389 e. The lowest BCUT2D eigenvalue weighted by molar-refractivity contribution is 0.0314. The first-order valence-corrected chi connectivity index (χ1v) is 8.88. The maximum absolute atomic E-state index is 12.5. The molecule has 7 heteroatoms. The van der Waals surface area contributed by atoms with Gasteiger partial charge in [0.05, 0.1) is 12.1 Å². The summed E-state index contributed by atoms with van der Waals surface area (Å²) in [6, 6.07) is 8.60. The molecule has 1 aromatic carbocycles. The summed E-state index contributed by atoms with van der Waals surface area (Å²) in [4.78, 5) is 26.6. The van der Waals surface area contributed by atoms with E-state index in [-0.39, 0.29) is 18.4 Å². The standard InChI is InChI=1S/C19H24N4O3/c1-3-14-12(2)17(22-21-14)18(25)20-15-9-10-23(11-16(15)24)19(26)13-7-5-4-6-8-13/h4-8,15-16,24H,3,9-11H2,1-2H3,(H,20,25)(H,21,22)/t15-,16-/m1/s1. The van der Waals surface area contributed by atoms with Crippen molar-refractivity contribution in [2.45, 2.75) is 38.8 Å². The molecule has 2 amide bonds. The number of likely N-dealkylation sites (tertiary alicyclic amines) is 1. The normalized spacial score (nSPS) is 20.0. The summed E-state index contributed by atoms with van der Waals surface area (Å²) in [6.07, 6.45) is 0.454. The molecule has 2 aromatic rings. The van der Waals surface area contributed by atoms with Crippen molar-refractivity contribution >= 4 is 11.8 Å². The number of aromatic nitrogens is 2. The average Bonchev–Trinajstić information content (AvgIpc) is 3.04. The molecule has 0 radical (unpaired) electrons. The molecule has 1 fully saturated rings. The van der Waals surface area contributed by atoms with Gasteiger partial charge in [-0.2, -0.15) is 5.10 Å². The van der Waals surface area contributed by atoms with E-state index in [2.05, 4.69) is 15.5 Å². The zero-order valence-electron chi connectivity index (χ0n) is 15.0. The monoisotopic (exact) mass is 356 g/mol. The third kappa shape index (κ3) is 3.62. The molecule has 0 bridgehead atoms. The van der Waals surface area contributed by atoms with Gasteiger partial charge in [-0.25, -0.2) is 0 Å². The van der Waals surface area contributed by atoms with Gasteiger partial charge >= 0.3 is 0 Å². The lowest BCUT2D eigenvalue weighted by Crippen LogP contribution is -2.55. The van der Waals surface area contributed by atoms with Crippen LogP contribution >= 0.6 is 0 Å². The number of rotatable bonds is 4. The number of hydrogen-bond acceptors (Lipinski definition) is 4. The molecule has 2 heterocycles. The van der Waals surface area contributed by atoms with Crippen LogP contribution in [0.3, 0.4) is 0 Å². The van der Waals surface area contributed by atoms with Crippen LogP contribution in [0.15, 0.2) is 30.3 Å². The Morgan fingerprint density at radius 3 is 2.69 bits per heavy atom. The number of H-pyrrole nitrogens is 1. The summed E-state index contributed by atoms with van der Waals surface area (Å²) < 4.78 is 0. The maximum atomic E-state index is 12.5. The topological polar surface area (TPSA) is 98.3 Å². The smallest absolute Gasteiger partial charge is 0.272 e. The SMILES string of the molecule is CCc1[nH]nc(C(=O)N[C@@H]2CCN(C(=O)c3ccccc3)C[C@H]2O)c1C. The fourth-order valence-corrected chi connectivity index (χ4v) is 3.28. The van der Waals surface area contributed by atoms with E-state index in [4.69, 9.17) is 0 Å². The molecule has 0 unspecified atom stereocenters. The van der Waals surface area contributed by atoms with E-state index in [1.54, 1.807) is 17.0 Å². The molecule has 0 spiro atoms. The van der Waals surface area contributed by atoms with Crippen molar-refractivity contribution in [2.75, 3.05) is 13.1 Å². The number of amides is 2. The van der Waals surface area contributed by atoms with E-state index in [0.29, 0.717) is 24.2 Å². The number of benzene rings is 1. The predicted molar refractivity (Wildman–Crippen MR) is 96.9 cm³/mol. The van der Waals surface area contributed by atoms with Crippen molar-refractivity contribution in [3.8, 4) is 0 Å². The van der Waals surface area contributed by atoms with Crippen molar-refractivity contribution < 1.29 is 14.7 Å². The number of nitrogens with zero attached hydrogens (tertiary/aromatic N) is 2. The average molecular weight is 356 g/mol. The number of carbonyl (C=O) groups excluding carboxylic acids is 2. The van der Waals surface area contributed by atoms with Crippen molar-refractivity contribution in [1.82, 2.24) is 20.4 Å². The van der Waals surface area contributed by atoms with Crippen LogP contribution in [0.2, 0.25) is 0 Å². The van der Waals surface area contributed by atoms with Crippen LogP contribution in [0, 0.1) is 6.92 Å². The van der Waals surface area contributed by atoms with Crippen LogP contribution in [-0.4, -0.2) is 57.3 Å². The van der Waals surface area contributed by atoms with Gasteiger partial charge in [0.25, 0.3) is 11.8 Å². The van der Waals surface area contributed by atoms with Crippen LogP contribution in [0.4, 0.5) is 0 Å². The molecule has 1 aromatic heterocycles. The van der Waals surface area contributed by atoms with Crippen LogP contribution in [0.5, 0.6) is 0 Å². The Morgan fingerprint density at radius 2 is 2.08 bits per heavy atom. The van der Waals surface area contributed by atoms with Gasteiger partial charge < -0.3 is 15.3 Å². The fourth-order valence-electron chi connectivity index (χ4n) is 3.28. The van der Waals surface area contributed by atoms with Gasteiger partial charge in [-0.15, -0.1) is 0 Å². The summed E-state index contributed by atoms with van der Waals surface area (Å²) in [7, 11) is 0. The van der Waals surface area contributed by atoms with Gasteiger partial charge in [0.15, 0.2) is 5.69 Å². The Bertz CT molecular complexity index is 787. The summed E-state index contributed by atoms with van der Waals surface area (Å²) in [6.45, 7) is 4.52. The predicted octanol–water partition coefficient (Wildman–Crippen LogP) is 1.29. The van der Waals surface area contributed by atoms with E-state index in [0.717, 1.165) is 17.7 Å². The molecule has 138 valence electrons. The van der Waals surface area contributed by atoms with Crippen molar-refractivity contribution in [1.29, 1.82) is 0 Å². The third-order valence-corrected chi connectivity index (χ3v) is 4.89. The molecule has 26 heavy (non-hydrogen) atoms. The van der Waals surface area contributed by atoms with E-state index in [9.17, 15) is 14.7 Å². The Morgan fingerprint density at radius 1 is 1.35 bits per heavy atom. The van der Waals surface area contributed by atoms with Crippen molar-refractivity contribution in [3.05, 3.63) is 52.8 Å². The number of β-amino-alcohol motifs (C(OH)–C–C–N with tert-alkyl or cyclic N) is 1. The molecule has 3 rings (SSSR count). The molecule has 1 saturated heterocycles. The van der Waals surface area contributed by atoms with Crippen LogP contribution in [0.25, 0.3) is 0 Å². The van der Waals surface area contributed by atoms with Gasteiger partial charge in [0.1, 0.15) is 0 Å². The highest BCUT2D eigenvalue weighted by molar-refractivity contribution is 5.95. The van der Waals surface area contributed by atoms with Gasteiger partial charge in [-0.05, 0) is 31.9 Å². The molecular weight excluding hydrogens is 332 g/mol. The number of hydrogen-bond donors (Lipinski definition) is 3. The van der Waals surface area contributed by atoms with Gasteiger partial charge in [0.2, 0.25) is 0 Å². The molecule has 0 aliphatic carbocycles. The lowest BCUT2D eigenvalue weighted by atomic mass is 10.0. The molecule has 7 nitrogen and oxygen atoms in total. The second-order valence-electron chi connectivity index (χ2n) is 6.58. The Balaban J connectivity index is 1.61. The third-order valence-electron chi connectivity index (χ3n) is 4.89. The van der Waals surface area contributed by atoms with Gasteiger partial charge in [-0.1, -0.05) is 25.1 Å². The molecule has 1 aliphatic heterocycles. The first-order chi connectivity index (χ1) is 12.5. The van der Waals surface area contributed by atoms with E-state index >= 15 is 0 Å². The Kier molecular flexibility index (Phi) is 5.37. The Hall–Kier alpha value is -2.67. The van der Waals surface area contributed by atoms with Crippen LogP contribution in [-0.2, 0) is 6.42 Å². The molecular formula is C19H24N4O3. The zero-order chi connectivity index (χ0) is 18.7. The number of aliphatic hydroxyl groups excluding tert-OH is 1. The van der Waals surface area contributed by atoms with Gasteiger partial charge in [-0.3, -0.25) is 14.7 Å². The number of aromatic amines is 1. The second kappa shape index (κ2) is 7.70. The molecule has 2 atom stereocenters. The second-order valence-corrected chi connectivity index (χ2v) is 6.58. The maximum Gasteiger partial charge on any atom is 0.272 e. The number of piperidine rings is 1. The minimum absolute atomic E-state index is 0.106. The summed E-state index contributed by atoms with van der Waals surface area (Å²) in [5.74, 6) is -0.407. The van der Waals surface area contributed by atoms with Crippen molar-refractivity contribution in [3.63, 3.8) is 0 Å².